The number of aromatic nitrogens is 2. The van der Waals surface area contributed by atoms with Crippen molar-refractivity contribution < 1.29 is 9.53 Å². The van der Waals surface area contributed by atoms with Crippen LogP contribution in [-0.4, -0.2) is 15.7 Å². The Balaban J connectivity index is 1.37. The molecule has 0 radical (unpaired) electrons. The molecule has 0 saturated carbocycles. The first kappa shape index (κ1) is 22.3. The Morgan fingerprint density at radius 1 is 1.06 bits per heavy atom. The van der Waals surface area contributed by atoms with Crippen LogP contribution in [-0.2, 0) is 13.2 Å². The quantitative estimate of drug-likeness (QED) is 0.308. The van der Waals surface area contributed by atoms with Crippen molar-refractivity contribution >= 4 is 39.0 Å². The van der Waals surface area contributed by atoms with Crippen LogP contribution in [0.1, 0.15) is 37.6 Å². The normalized spacial score (nSPS) is 10.9. The topological polar surface area (TPSA) is 56.1 Å². The Labute approximate surface area is 200 Å². The first-order valence-corrected chi connectivity index (χ1v) is 11.9. The molecule has 0 unspecified atom stereocenters. The van der Waals surface area contributed by atoms with E-state index in [0.717, 1.165) is 38.2 Å². The van der Waals surface area contributed by atoms with E-state index in [-0.39, 0.29) is 5.91 Å². The van der Waals surface area contributed by atoms with Crippen LogP contribution >= 0.6 is 27.3 Å². The van der Waals surface area contributed by atoms with Crippen LogP contribution < -0.4 is 10.1 Å². The lowest BCUT2D eigenvalue weighted by atomic mass is 10.1. The Kier molecular flexibility index (Phi) is 6.77. The van der Waals surface area contributed by atoms with Crippen molar-refractivity contribution in [2.45, 2.75) is 33.9 Å². The summed E-state index contributed by atoms with van der Waals surface area (Å²) in [6, 6.07) is 18.0. The van der Waals surface area contributed by atoms with Crippen molar-refractivity contribution in [3.63, 3.8) is 0 Å². The number of rotatable bonds is 7. The third-order valence-corrected chi connectivity index (χ3v) is 6.59. The summed E-state index contributed by atoms with van der Waals surface area (Å²) in [5.74, 6) is 1.25. The summed E-state index contributed by atoms with van der Waals surface area (Å²) in [7, 11) is 0. The van der Waals surface area contributed by atoms with Gasteiger partial charge in [0.1, 0.15) is 12.4 Å². The van der Waals surface area contributed by atoms with Gasteiger partial charge in [-0.2, -0.15) is 5.10 Å². The van der Waals surface area contributed by atoms with E-state index in [0.29, 0.717) is 23.8 Å². The highest BCUT2D eigenvalue weighted by atomic mass is 79.9. The molecule has 0 atom stereocenters. The highest BCUT2D eigenvalue weighted by Gasteiger charge is 2.13. The maximum absolute atomic E-state index is 12.7. The first-order chi connectivity index (χ1) is 15.4. The minimum absolute atomic E-state index is 0.165. The molecule has 2 heterocycles. The fraction of sp³-hybridized carbons (Fsp3) is 0.200. The maximum Gasteiger partial charge on any atom is 0.266 e. The van der Waals surface area contributed by atoms with Crippen molar-refractivity contribution in [3.05, 3.63) is 97.3 Å². The lowest BCUT2D eigenvalue weighted by molar-refractivity contribution is 0.103. The molecular weight excluding hydrogens is 486 g/mol. The summed E-state index contributed by atoms with van der Waals surface area (Å²) in [5.41, 5.74) is 5.35. The van der Waals surface area contributed by atoms with Gasteiger partial charge in [-0.05, 0) is 67.1 Å². The number of benzene rings is 2. The Hall–Kier alpha value is -2.90. The molecule has 0 bridgehead atoms. The van der Waals surface area contributed by atoms with Crippen molar-refractivity contribution in [2.75, 3.05) is 5.32 Å². The number of ether oxygens (including phenoxy) is 1. The summed E-state index contributed by atoms with van der Waals surface area (Å²) in [4.78, 5) is 13.4. The molecule has 164 valence electrons. The van der Waals surface area contributed by atoms with Crippen molar-refractivity contribution in [2.24, 2.45) is 0 Å². The molecule has 32 heavy (non-hydrogen) atoms. The number of thiophene rings is 1. The number of carbonyl (C=O) groups is 1. The van der Waals surface area contributed by atoms with Gasteiger partial charge in [0.2, 0.25) is 0 Å². The second-order valence-electron chi connectivity index (χ2n) is 7.79. The zero-order valence-corrected chi connectivity index (χ0v) is 20.6. The monoisotopic (exact) mass is 509 g/mol. The van der Waals surface area contributed by atoms with Gasteiger partial charge in [0.05, 0.1) is 11.4 Å². The molecule has 0 saturated heterocycles. The van der Waals surface area contributed by atoms with E-state index in [9.17, 15) is 4.79 Å². The first-order valence-electron chi connectivity index (χ1n) is 10.2. The third kappa shape index (κ3) is 5.47. The molecule has 4 rings (SSSR count). The summed E-state index contributed by atoms with van der Waals surface area (Å²) in [5, 5.41) is 9.41. The van der Waals surface area contributed by atoms with Crippen LogP contribution in [0.3, 0.4) is 0 Å². The number of amides is 1. The van der Waals surface area contributed by atoms with Crippen molar-refractivity contribution in [1.82, 2.24) is 9.78 Å². The van der Waals surface area contributed by atoms with Crippen LogP contribution in [0.5, 0.6) is 5.75 Å². The van der Waals surface area contributed by atoms with Gasteiger partial charge in [0.15, 0.2) is 5.82 Å². The minimum Gasteiger partial charge on any atom is -0.489 e. The fourth-order valence-corrected chi connectivity index (χ4v) is 4.32. The van der Waals surface area contributed by atoms with Gasteiger partial charge in [0.25, 0.3) is 5.91 Å². The molecule has 5 nitrogen and oxygen atoms in total. The number of hydrogen-bond donors (Lipinski definition) is 1. The number of aryl methyl sites for hydroxylation is 3. The number of nitrogens with one attached hydrogen (secondary N) is 1. The van der Waals surface area contributed by atoms with E-state index in [4.69, 9.17) is 4.74 Å². The summed E-state index contributed by atoms with van der Waals surface area (Å²) < 4.78 is 8.88. The molecule has 2 aromatic heterocycles. The molecular formula is C25H24BrN3O2S. The molecule has 2 aromatic carbocycles. The number of hydrogen-bond acceptors (Lipinski definition) is 4. The van der Waals surface area contributed by atoms with Crippen molar-refractivity contribution in [1.29, 1.82) is 0 Å². The van der Waals surface area contributed by atoms with E-state index in [1.165, 1.54) is 11.3 Å². The molecule has 1 N–H and O–H groups in total. The average molecular weight is 510 g/mol. The molecule has 0 fully saturated rings. The van der Waals surface area contributed by atoms with E-state index in [1.807, 2.05) is 61.2 Å². The molecule has 0 aliphatic rings. The highest BCUT2D eigenvalue weighted by molar-refractivity contribution is 9.10. The largest absolute Gasteiger partial charge is 0.489 e. The zero-order chi connectivity index (χ0) is 22.7. The number of anilines is 1. The predicted octanol–water partition coefficient (Wildman–Crippen LogP) is 6.51. The van der Waals surface area contributed by atoms with E-state index in [1.54, 1.807) is 0 Å². The SMILES string of the molecule is Cc1ccc(C)c(OCc2csc(C(=O)Nc3cc(C)n(Cc4ccc(Br)cc4)n3)c2)c1. The van der Waals surface area contributed by atoms with Gasteiger partial charge in [-0.15, -0.1) is 11.3 Å². The van der Waals surface area contributed by atoms with Gasteiger partial charge in [-0.1, -0.05) is 40.2 Å². The fourth-order valence-electron chi connectivity index (χ4n) is 3.27. The molecule has 4 aromatic rings. The Bertz CT molecular complexity index is 1240. The summed E-state index contributed by atoms with van der Waals surface area (Å²) >= 11 is 4.85. The number of nitrogens with zero attached hydrogens (tertiary/aromatic N) is 2. The molecule has 7 heteroatoms. The van der Waals surface area contributed by atoms with Gasteiger partial charge in [-0.3, -0.25) is 9.48 Å². The van der Waals surface area contributed by atoms with E-state index in [2.05, 4.69) is 50.6 Å². The Morgan fingerprint density at radius 3 is 2.62 bits per heavy atom. The van der Waals surface area contributed by atoms with Crippen LogP contribution in [0.2, 0.25) is 0 Å². The molecule has 1 amide bonds. The standard InChI is InChI=1S/C25H24BrN3O2S/c1-16-4-5-17(2)22(10-16)31-14-20-12-23(32-15-20)25(30)27-24-11-18(3)29(28-24)13-19-6-8-21(26)9-7-19/h4-12,15H,13-14H2,1-3H3,(H,27,28,30). The maximum atomic E-state index is 12.7. The van der Waals surface area contributed by atoms with Crippen LogP contribution in [0, 0.1) is 20.8 Å². The van der Waals surface area contributed by atoms with E-state index >= 15 is 0 Å². The average Bonchev–Trinajstić information content (AvgIpc) is 3.37. The van der Waals surface area contributed by atoms with E-state index < -0.39 is 0 Å². The number of carbonyl (C=O) groups excluding carboxylic acids is 1. The van der Waals surface area contributed by atoms with Gasteiger partial charge >= 0.3 is 0 Å². The van der Waals surface area contributed by atoms with Gasteiger partial charge < -0.3 is 10.1 Å². The number of halogens is 1. The van der Waals surface area contributed by atoms with Gasteiger partial charge in [0, 0.05) is 21.8 Å². The van der Waals surface area contributed by atoms with Crippen LogP contribution in [0.25, 0.3) is 0 Å². The summed E-state index contributed by atoms with van der Waals surface area (Å²) in [6.07, 6.45) is 0. The van der Waals surface area contributed by atoms with Crippen LogP contribution in [0.15, 0.2) is 64.5 Å². The highest BCUT2D eigenvalue weighted by Crippen LogP contribution is 2.23. The smallest absolute Gasteiger partial charge is 0.266 e. The second kappa shape index (κ2) is 9.71. The molecule has 0 aliphatic carbocycles. The van der Waals surface area contributed by atoms with Crippen LogP contribution in [0.4, 0.5) is 5.82 Å². The third-order valence-electron chi connectivity index (χ3n) is 5.08. The zero-order valence-electron chi connectivity index (χ0n) is 18.2. The summed E-state index contributed by atoms with van der Waals surface area (Å²) in [6.45, 7) is 7.12. The van der Waals surface area contributed by atoms with Crippen molar-refractivity contribution in [3.8, 4) is 5.75 Å². The molecule has 0 aliphatic heterocycles. The lowest BCUT2D eigenvalue weighted by Gasteiger charge is -2.08. The minimum atomic E-state index is -0.165. The Morgan fingerprint density at radius 2 is 1.84 bits per heavy atom. The van der Waals surface area contributed by atoms with Gasteiger partial charge in [-0.25, -0.2) is 0 Å². The second-order valence-corrected chi connectivity index (χ2v) is 9.61. The predicted molar refractivity (Wildman–Crippen MR) is 133 cm³/mol. The lowest BCUT2D eigenvalue weighted by Crippen LogP contribution is -2.11. The molecule has 0 spiro atoms.